The predicted octanol–water partition coefficient (Wildman–Crippen LogP) is 2.19. The van der Waals surface area contributed by atoms with Crippen LogP contribution in [-0.4, -0.2) is 13.6 Å². The fourth-order valence-corrected chi connectivity index (χ4v) is 2.23. The molecule has 0 saturated heterocycles. The Morgan fingerprint density at radius 3 is 3.00 bits per heavy atom. The van der Waals surface area contributed by atoms with Crippen molar-refractivity contribution in [3.05, 3.63) is 29.3 Å². The van der Waals surface area contributed by atoms with Crippen LogP contribution in [0.15, 0.2) is 18.2 Å². The lowest BCUT2D eigenvalue weighted by atomic mass is 9.91. The Bertz CT molecular complexity index is 390. The van der Waals surface area contributed by atoms with Gasteiger partial charge in [0.1, 0.15) is 0 Å². The maximum absolute atomic E-state index is 9.00. The second kappa shape index (κ2) is 3.34. The lowest BCUT2D eigenvalue weighted by molar-refractivity contribution is 0.551. The van der Waals surface area contributed by atoms with Gasteiger partial charge >= 0.3 is 0 Å². The number of nitriles is 1. The Morgan fingerprint density at radius 1 is 1.50 bits per heavy atom. The van der Waals surface area contributed by atoms with Crippen LogP contribution >= 0.6 is 0 Å². The SMILES string of the molecule is CC1Cc2c(C#N)cccc2N(C)C1. The maximum atomic E-state index is 9.00. The summed E-state index contributed by atoms with van der Waals surface area (Å²) in [5, 5.41) is 9.00. The van der Waals surface area contributed by atoms with E-state index in [1.54, 1.807) is 0 Å². The molecule has 1 heterocycles. The normalized spacial score (nSPS) is 20.1. The number of fused-ring (bicyclic) bond motifs is 1. The van der Waals surface area contributed by atoms with Gasteiger partial charge in [-0.2, -0.15) is 5.26 Å². The Balaban J connectivity index is 2.54. The minimum Gasteiger partial charge on any atom is -0.374 e. The number of hydrogen-bond donors (Lipinski definition) is 0. The quantitative estimate of drug-likeness (QED) is 0.621. The van der Waals surface area contributed by atoms with Gasteiger partial charge in [-0.3, -0.25) is 0 Å². The van der Waals surface area contributed by atoms with Crippen LogP contribution in [0.4, 0.5) is 5.69 Å². The maximum Gasteiger partial charge on any atom is 0.0995 e. The molecule has 0 amide bonds. The third kappa shape index (κ3) is 1.35. The first kappa shape index (κ1) is 9.08. The molecule has 0 spiro atoms. The standard InChI is InChI=1S/C12H14N2/c1-9-6-11-10(7-13)4-3-5-12(11)14(2)8-9/h3-5,9H,6,8H2,1-2H3. The van der Waals surface area contributed by atoms with E-state index in [4.69, 9.17) is 5.26 Å². The van der Waals surface area contributed by atoms with Crippen molar-refractivity contribution in [1.82, 2.24) is 0 Å². The van der Waals surface area contributed by atoms with Crippen LogP contribution in [0.1, 0.15) is 18.1 Å². The molecular weight excluding hydrogens is 172 g/mol. The van der Waals surface area contributed by atoms with E-state index >= 15 is 0 Å². The highest BCUT2D eigenvalue weighted by Crippen LogP contribution is 2.30. The molecule has 1 unspecified atom stereocenters. The third-order valence-corrected chi connectivity index (χ3v) is 2.82. The molecule has 1 aromatic carbocycles. The number of benzene rings is 1. The van der Waals surface area contributed by atoms with Crippen LogP contribution in [0.2, 0.25) is 0 Å². The van der Waals surface area contributed by atoms with E-state index in [9.17, 15) is 0 Å². The molecule has 72 valence electrons. The zero-order chi connectivity index (χ0) is 10.1. The van der Waals surface area contributed by atoms with Gasteiger partial charge in [0.05, 0.1) is 11.6 Å². The first-order valence-electron chi connectivity index (χ1n) is 4.95. The summed E-state index contributed by atoms with van der Waals surface area (Å²) in [4.78, 5) is 2.24. The van der Waals surface area contributed by atoms with Crippen molar-refractivity contribution in [2.45, 2.75) is 13.3 Å². The largest absolute Gasteiger partial charge is 0.374 e. The Kier molecular flexibility index (Phi) is 2.17. The Morgan fingerprint density at radius 2 is 2.29 bits per heavy atom. The molecule has 0 aliphatic carbocycles. The molecular formula is C12H14N2. The summed E-state index contributed by atoms with van der Waals surface area (Å²) in [6, 6.07) is 8.24. The lowest BCUT2D eigenvalue weighted by Gasteiger charge is -2.32. The minimum absolute atomic E-state index is 0.641. The van der Waals surface area contributed by atoms with Gasteiger partial charge in [0, 0.05) is 19.3 Å². The first-order valence-corrected chi connectivity index (χ1v) is 4.95. The first-order chi connectivity index (χ1) is 6.72. The molecule has 14 heavy (non-hydrogen) atoms. The number of nitrogens with zero attached hydrogens (tertiary/aromatic N) is 2. The molecule has 1 atom stereocenters. The molecule has 0 N–H and O–H groups in total. The lowest BCUT2D eigenvalue weighted by Crippen LogP contribution is -2.31. The summed E-state index contributed by atoms with van der Waals surface area (Å²) in [6.07, 6.45) is 1.03. The van der Waals surface area contributed by atoms with Crippen LogP contribution in [0.5, 0.6) is 0 Å². The van der Waals surface area contributed by atoms with E-state index in [0.717, 1.165) is 18.5 Å². The van der Waals surface area contributed by atoms with E-state index < -0.39 is 0 Å². The highest BCUT2D eigenvalue weighted by Gasteiger charge is 2.20. The van der Waals surface area contributed by atoms with Crippen molar-refractivity contribution in [2.24, 2.45) is 5.92 Å². The third-order valence-electron chi connectivity index (χ3n) is 2.82. The predicted molar refractivity (Wildman–Crippen MR) is 57.3 cm³/mol. The summed E-state index contributed by atoms with van der Waals surface area (Å²) < 4.78 is 0. The molecule has 1 aliphatic heterocycles. The van der Waals surface area contributed by atoms with E-state index in [-0.39, 0.29) is 0 Å². The monoisotopic (exact) mass is 186 g/mol. The Labute approximate surface area is 84.8 Å². The average molecular weight is 186 g/mol. The molecule has 0 fully saturated rings. The van der Waals surface area contributed by atoms with E-state index in [1.165, 1.54) is 11.3 Å². The molecule has 0 bridgehead atoms. The molecule has 2 rings (SSSR count). The molecule has 1 aliphatic rings. The molecule has 0 radical (unpaired) electrons. The highest BCUT2D eigenvalue weighted by atomic mass is 15.1. The van der Waals surface area contributed by atoms with Gasteiger partial charge in [-0.05, 0) is 30.0 Å². The average Bonchev–Trinajstić information content (AvgIpc) is 2.17. The summed E-state index contributed by atoms with van der Waals surface area (Å²) >= 11 is 0. The van der Waals surface area contributed by atoms with Gasteiger partial charge in [0.15, 0.2) is 0 Å². The van der Waals surface area contributed by atoms with Crippen molar-refractivity contribution in [3.63, 3.8) is 0 Å². The van der Waals surface area contributed by atoms with Crippen LogP contribution in [0.3, 0.4) is 0 Å². The van der Waals surface area contributed by atoms with Gasteiger partial charge in [-0.15, -0.1) is 0 Å². The number of anilines is 1. The van der Waals surface area contributed by atoms with Crippen molar-refractivity contribution >= 4 is 5.69 Å². The van der Waals surface area contributed by atoms with Gasteiger partial charge in [0.2, 0.25) is 0 Å². The number of hydrogen-bond acceptors (Lipinski definition) is 2. The molecule has 1 aromatic rings. The zero-order valence-electron chi connectivity index (χ0n) is 8.62. The van der Waals surface area contributed by atoms with Gasteiger partial charge in [0.25, 0.3) is 0 Å². The molecule has 2 nitrogen and oxygen atoms in total. The van der Waals surface area contributed by atoms with E-state index in [0.29, 0.717) is 5.92 Å². The summed E-state index contributed by atoms with van der Waals surface area (Å²) in [7, 11) is 2.09. The van der Waals surface area contributed by atoms with Crippen LogP contribution in [0.25, 0.3) is 0 Å². The highest BCUT2D eigenvalue weighted by molar-refractivity contribution is 5.61. The zero-order valence-corrected chi connectivity index (χ0v) is 8.62. The molecule has 2 heteroatoms. The van der Waals surface area contributed by atoms with Crippen LogP contribution in [-0.2, 0) is 6.42 Å². The summed E-state index contributed by atoms with van der Waals surface area (Å²) in [5.41, 5.74) is 3.28. The number of rotatable bonds is 0. The fraction of sp³-hybridized carbons (Fsp3) is 0.417. The van der Waals surface area contributed by atoms with E-state index in [2.05, 4.69) is 31.0 Å². The minimum atomic E-state index is 0.641. The van der Waals surface area contributed by atoms with Crippen LogP contribution in [0, 0.1) is 17.2 Å². The second-order valence-electron chi connectivity index (χ2n) is 4.10. The summed E-state index contributed by atoms with van der Waals surface area (Å²) in [6.45, 7) is 3.31. The van der Waals surface area contributed by atoms with Crippen molar-refractivity contribution in [2.75, 3.05) is 18.5 Å². The van der Waals surface area contributed by atoms with Gasteiger partial charge in [-0.25, -0.2) is 0 Å². The molecule has 0 saturated carbocycles. The smallest absolute Gasteiger partial charge is 0.0995 e. The van der Waals surface area contributed by atoms with Gasteiger partial charge in [-0.1, -0.05) is 13.0 Å². The summed E-state index contributed by atoms with van der Waals surface area (Å²) in [5.74, 6) is 0.641. The second-order valence-corrected chi connectivity index (χ2v) is 4.10. The van der Waals surface area contributed by atoms with Crippen LogP contribution < -0.4 is 4.90 Å². The van der Waals surface area contributed by atoms with E-state index in [1.807, 2.05) is 12.1 Å². The Hall–Kier alpha value is -1.49. The van der Waals surface area contributed by atoms with Crippen molar-refractivity contribution in [3.8, 4) is 6.07 Å². The van der Waals surface area contributed by atoms with Gasteiger partial charge < -0.3 is 4.90 Å². The van der Waals surface area contributed by atoms with Crippen molar-refractivity contribution < 1.29 is 0 Å². The fourth-order valence-electron chi connectivity index (χ4n) is 2.23. The molecule has 0 aromatic heterocycles. The topological polar surface area (TPSA) is 27.0 Å². The van der Waals surface area contributed by atoms with Crippen molar-refractivity contribution in [1.29, 1.82) is 5.26 Å².